The molecule has 0 radical (unpaired) electrons. The van der Waals surface area contributed by atoms with Gasteiger partial charge in [0.05, 0.1) is 6.61 Å². The fourth-order valence-electron chi connectivity index (χ4n) is 2.62. The third-order valence-corrected chi connectivity index (χ3v) is 4.12. The average Bonchev–Trinajstić information content (AvgIpc) is 2.50. The Morgan fingerprint density at radius 2 is 1.78 bits per heavy atom. The Hall–Kier alpha value is -1.55. The maximum Gasteiger partial charge on any atom is 0.256 e. The molecule has 1 atom stereocenters. The van der Waals surface area contributed by atoms with Crippen molar-refractivity contribution in [2.24, 2.45) is 0 Å². The molecule has 0 aliphatic heterocycles. The Balaban J connectivity index is 2.88. The monoisotopic (exact) mass is 321 g/mol. The third-order valence-electron chi connectivity index (χ3n) is 4.12. The summed E-state index contributed by atoms with van der Waals surface area (Å²) in [7, 11) is 1.58. The van der Waals surface area contributed by atoms with Gasteiger partial charge >= 0.3 is 0 Å². The van der Waals surface area contributed by atoms with Crippen LogP contribution in [0.25, 0.3) is 0 Å². The molecular weight excluding hydrogens is 290 g/mol. The first-order chi connectivity index (χ1) is 10.9. The topological polar surface area (TPSA) is 47.6 Å². The molecule has 1 aromatic carbocycles. The lowest BCUT2D eigenvalue weighted by molar-refractivity contribution is -0.136. The molecule has 1 unspecified atom stereocenters. The van der Waals surface area contributed by atoms with Gasteiger partial charge in [0.1, 0.15) is 11.4 Å². The number of amides is 1. The summed E-state index contributed by atoms with van der Waals surface area (Å²) < 4.78 is 11.3. The Morgan fingerprint density at radius 1 is 1.17 bits per heavy atom. The summed E-state index contributed by atoms with van der Waals surface area (Å²) in [4.78, 5) is 12.5. The lowest BCUT2D eigenvalue weighted by Gasteiger charge is -2.26. The third kappa shape index (κ3) is 5.24. The van der Waals surface area contributed by atoms with Gasteiger partial charge in [0.25, 0.3) is 5.91 Å². The Kier molecular flexibility index (Phi) is 7.56. The van der Waals surface area contributed by atoms with E-state index in [1.165, 1.54) is 0 Å². The van der Waals surface area contributed by atoms with Crippen LogP contribution in [0.2, 0.25) is 0 Å². The second kappa shape index (κ2) is 8.92. The Bertz CT molecular complexity index is 504. The van der Waals surface area contributed by atoms with Crippen molar-refractivity contribution in [2.75, 3.05) is 19.0 Å². The predicted molar refractivity (Wildman–Crippen MR) is 95.3 cm³/mol. The number of ether oxygens (including phenoxy) is 2. The quantitative estimate of drug-likeness (QED) is 0.675. The normalized spacial score (nSPS) is 13.5. The molecule has 1 rings (SSSR count). The number of anilines is 1. The molecule has 0 bridgehead atoms. The molecule has 0 fully saturated rings. The van der Waals surface area contributed by atoms with Gasteiger partial charge in [-0.05, 0) is 56.9 Å². The molecule has 0 aromatic heterocycles. The lowest BCUT2D eigenvalue weighted by Crippen LogP contribution is -2.41. The zero-order valence-corrected chi connectivity index (χ0v) is 15.4. The molecule has 4 heteroatoms. The number of methoxy groups -OCH3 is 1. The second-order valence-electron chi connectivity index (χ2n) is 6.28. The molecule has 0 saturated carbocycles. The summed E-state index contributed by atoms with van der Waals surface area (Å²) in [5.74, 6) is 0.805. The molecular formula is C19H31NO3. The van der Waals surface area contributed by atoms with E-state index < -0.39 is 5.60 Å². The summed E-state index contributed by atoms with van der Waals surface area (Å²) >= 11 is 0. The van der Waals surface area contributed by atoms with Gasteiger partial charge in [0, 0.05) is 12.8 Å². The zero-order valence-electron chi connectivity index (χ0n) is 15.4. The van der Waals surface area contributed by atoms with E-state index in [9.17, 15) is 4.79 Å². The number of unbranched alkanes of at least 4 members (excludes halogenated alkanes) is 1. The number of aryl methyl sites for hydroxylation is 2. The van der Waals surface area contributed by atoms with Crippen molar-refractivity contribution >= 4 is 11.6 Å². The van der Waals surface area contributed by atoms with Gasteiger partial charge in [-0.25, -0.2) is 0 Å². The molecule has 0 saturated heterocycles. The van der Waals surface area contributed by atoms with Gasteiger partial charge in [-0.1, -0.05) is 26.7 Å². The standard InChI is InChI=1S/C19H31NO3/c1-7-9-11-23-17-14(3)12-16(13-15(17)4)20-18(21)19(5,22-6)10-8-2/h12-13H,7-11H2,1-6H3,(H,20,21). The highest BCUT2D eigenvalue weighted by Crippen LogP contribution is 2.28. The van der Waals surface area contributed by atoms with Crippen LogP contribution in [0.1, 0.15) is 57.6 Å². The minimum Gasteiger partial charge on any atom is -0.493 e. The smallest absolute Gasteiger partial charge is 0.256 e. The van der Waals surface area contributed by atoms with E-state index in [0.717, 1.165) is 48.4 Å². The molecule has 1 amide bonds. The molecule has 1 N–H and O–H groups in total. The van der Waals surface area contributed by atoms with Gasteiger partial charge in [-0.15, -0.1) is 0 Å². The van der Waals surface area contributed by atoms with Gasteiger partial charge < -0.3 is 14.8 Å². The highest BCUT2D eigenvalue weighted by atomic mass is 16.5. The minimum atomic E-state index is -0.799. The van der Waals surface area contributed by atoms with E-state index in [1.807, 2.05) is 39.8 Å². The van der Waals surface area contributed by atoms with Crippen LogP contribution in [-0.2, 0) is 9.53 Å². The van der Waals surface area contributed by atoms with Crippen LogP contribution in [0.5, 0.6) is 5.75 Å². The summed E-state index contributed by atoms with van der Waals surface area (Å²) in [5, 5.41) is 2.97. The number of carbonyl (C=O) groups is 1. The first-order valence-corrected chi connectivity index (χ1v) is 8.48. The first-order valence-electron chi connectivity index (χ1n) is 8.48. The molecule has 4 nitrogen and oxygen atoms in total. The van der Waals surface area contributed by atoms with Crippen molar-refractivity contribution in [1.29, 1.82) is 0 Å². The minimum absolute atomic E-state index is 0.111. The number of hydrogen-bond donors (Lipinski definition) is 1. The van der Waals surface area contributed by atoms with Crippen LogP contribution in [0.4, 0.5) is 5.69 Å². The van der Waals surface area contributed by atoms with Crippen molar-refractivity contribution in [2.45, 2.75) is 65.9 Å². The van der Waals surface area contributed by atoms with Crippen molar-refractivity contribution in [1.82, 2.24) is 0 Å². The van der Waals surface area contributed by atoms with E-state index in [1.54, 1.807) is 7.11 Å². The van der Waals surface area contributed by atoms with Gasteiger partial charge in [-0.3, -0.25) is 4.79 Å². The second-order valence-corrected chi connectivity index (χ2v) is 6.28. The molecule has 1 aromatic rings. The number of carbonyl (C=O) groups excluding carboxylic acids is 1. The largest absolute Gasteiger partial charge is 0.493 e. The summed E-state index contributed by atoms with van der Waals surface area (Å²) in [5.41, 5.74) is 2.05. The lowest BCUT2D eigenvalue weighted by atomic mass is 9.99. The van der Waals surface area contributed by atoms with Crippen LogP contribution < -0.4 is 10.1 Å². The maximum atomic E-state index is 12.5. The van der Waals surface area contributed by atoms with Crippen molar-refractivity contribution < 1.29 is 14.3 Å². The van der Waals surface area contributed by atoms with Crippen molar-refractivity contribution in [3.05, 3.63) is 23.3 Å². The van der Waals surface area contributed by atoms with Gasteiger partial charge in [0.15, 0.2) is 0 Å². The fraction of sp³-hybridized carbons (Fsp3) is 0.632. The zero-order chi connectivity index (χ0) is 17.5. The molecule has 0 spiro atoms. The van der Waals surface area contributed by atoms with Crippen LogP contribution in [-0.4, -0.2) is 25.2 Å². The van der Waals surface area contributed by atoms with Crippen molar-refractivity contribution in [3.63, 3.8) is 0 Å². The molecule has 130 valence electrons. The van der Waals surface area contributed by atoms with E-state index in [-0.39, 0.29) is 5.91 Å². The predicted octanol–water partition coefficient (Wildman–Crippen LogP) is 4.63. The number of nitrogens with one attached hydrogen (secondary N) is 1. The Morgan fingerprint density at radius 3 is 2.26 bits per heavy atom. The van der Waals surface area contributed by atoms with E-state index in [0.29, 0.717) is 6.42 Å². The van der Waals surface area contributed by atoms with Crippen molar-refractivity contribution in [3.8, 4) is 5.75 Å². The van der Waals surface area contributed by atoms with Crippen LogP contribution in [0.3, 0.4) is 0 Å². The molecule has 23 heavy (non-hydrogen) atoms. The highest BCUT2D eigenvalue weighted by molar-refractivity contribution is 5.97. The van der Waals surface area contributed by atoms with Crippen LogP contribution in [0, 0.1) is 13.8 Å². The molecule has 0 aliphatic carbocycles. The number of benzene rings is 1. The molecule has 0 aliphatic rings. The summed E-state index contributed by atoms with van der Waals surface area (Å²) in [6.45, 7) is 10.7. The fourth-order valence-corrected chi connectivity index (χ4v) is 2.62. The maximum absolute atomic E-state index is 12.5. The average molecular weight is 321 g/mol. The van der Waals surface area contributed by atoms with Crippen LogP contribution >= 0.6 is 0 Å². The summed E-state index contributed by atoms with van der Waals surface area (Å²) in [6.07, 6.45) is 3.73. The van der Waals surface area contributed by atoms with Gasteiger partial charge in [-0.2, -0.15) is 0 Å². The van der Waals surface area contributed by atoms with E-state index in [2.05, 4.69) is 12.2 Å². The van der Waals surface area contributed by atoms with E-state index >= 15 is 0 Å². The van der Waals surface area contributed by atoms with Gasteiger partial charge in [0.2, 0.25) is 0 Å². The molecule has 0 heterocycles. The first kappa shape index (κ1) is 19.5. The highest BCUT2D eigenvalue weighted by Gasteiger charge is 2.32. The number of hydrogen-bond acceptors (Lipinski definition) is 3. The SMILES string of the molecule is CCCCOc1c(C)cc(NC(=O)C(C)(CCC)OC)cc1C. The van der Waals surface area contributed by atoms with E-state index in [4.69, 9.17) is 9.47 Å². The van der Waals surface area contributed by atoms with Crippen LogP contribution in [0.15, 0.2) is 12.1 Å². The Labute approximate surface area is 140 Å². The summed E-state index contributed by atoms with van der Waals surface area (Å²) in [6, 6.07) is 3.91. The number of rotatable bonds is 9.